The van der Waals surface area contributed by atoms with Crippen LogP contribution in [0.5, 0.6) is 0 Å². The molecule has 2 aromatic heterocycles. The van der Waals surface area contributed by atoms with Crippen LogP contribution < -0.4 is 4.72 Å². The molecule has 8 heteroatoms. The number of hydrogen-bond acceptors (Lipinski definition) is 4. The lowest BCUT2D eigenvalue weighted by molar-refractivity contribution is 0.603. The maximum atomic E-state index is 12.3. The molecule has 2 rings (SSSR count). The molecule has 0 aliphatic rings. The fraction of sp³-hybridized carbons (Fsp3) is 0.364. The van der Waals surface area contributed by atoms with E-state index in [1.54, 1.807) is 23.7 Å². The highest BCUT2D eigenvalue weighted by Gasteiger charge is 2.21. The van der Waals surface area contributed by atoms with Gasteiger partial charge in [-0.1, -0.05) is 0 Å². The number of nitrogens with zero attached hydrogens (tertiary/aromatic N) is 2. The molecule has 0 radical (unpaired) electrons. The average molecular weight is 364 g/mol. The molecular weight excluding hydrogens is 350 g/mol. The summed E-state index contributed by atoms with van der Waals surface area (Å²) in [7, 11) is -3.55. The molecule has 0 aromatic carbocycles. The van der Waals surface area contributed by atoms with Gasteiger partial charge in [-0.25, -0.2) is 8.42 Å². The normalized spacial score (nSPS) is 11.8. The number of sulfonamides is 1. The van der Waals surface area contributed by atoms with Gasteiger partial charge in [0.05, 0.1) is 20.9 Å². The van der Waals surface area contributed by atoms with E-state index in [9.17, 15) is 8.42 Å². The van der Waals surface area contributed by atoms with Gasteiger partial charge < -0.3 is 0 Å². The lowest BCUT2D eigenvalue weighted by Crippen LogP contribution is -2.12. The van der Waals surface area contributed by atoms with Crippen LogP contribution >= 0.6 is 27.3 Å². The molecule has 0 atom stereocenters. The summed E-state index contributed by atoms with van der Waals surface area (Å²) in [6.45, 7) is 6.32. The molecule has 2 heterocycles. The maximum Gasteiger partial charge on any atom is 0.271 e. The third-order valence-electron chi connectivity index (χ3n) is 2.73. The smallest absolute Gasteiger partial charge is 0.271 e. The van der Waals surface area contributed by atoms with Crippen molar-refractivity contribution in [1.82, 2.24) is 9.78 Å². The number of aryl methyl sites for hydroxylation is 2. The number of aromatic nitrogens is 2. The van der Waals surface area contributed by atoms with Crippen molar-refractivity contribution < 1.29 is 8.42 Å². The Labute approximate surface area is 124 Å². The van der Waals surface area contributed by atoms with E-state index in [1.165, 1.54) is 11.3 Å². The minimum absolute atomic E-state index is 0.280. The second-order valence-corrected chi connectivity index (χ2v) is 8.40. The Morgan fingerprint density at radius 3 is 2.58 bits per heavy atom. The highest BCUT2D eigenvalue weighted by molar-refractivity contribution is 9.11. The molecular formula is C11H14BrN3O2S2. The van der Waals surface area contributed by atoms with Gasteiger partial charge in [0.15, 0.2) is 0 Å². The van der Waals surface area contributed by atoms with Gasteiger partial charge in [0.2, 0.25) is 0 Å². The summed E-state index contributed by atoms with van der Waals surface area (Å²) in [4.78, 5) is 0. The van der Waals surface area contributed by atoms with Gasteiger partial charge in [-0.3, -0.25) is 9.40 Å². The van der Waals surface area contributed by atoms with Crippen molar-refractivity contribution in [2.45, 2.75) is 31.5 Å². The molecule has 0 unspecified atom stereocenters. The van der Waals surface area contributed by atoms with Crippen LogP contribution in [0.25, 0.3) is 0 Å². The van der Waals surface area contributed by atoms with Gasteiger partial charge in [0.25, 0.3) is 10.0 Å². The first-order chi connectivity index (χ1) is 8.85. The molecule has 0 spiro atoms. The Balaban J connectivity index is 2.38. The number of rotatable bonds is 4. The molecule has 19 heavy (non-hydrogen) atoms. The van der Waals surface area contributed by atoms with Crippen molar-refractivity contribution >= 4 is 43.0 Å². The largest absolute Gasteiger partial charge is 0.275 e. The Hall–Kier alpha value is -0.860. The number of anilines is 1. The Kier molecular flexibility index (Phi) is 4.03. The number of thiophene rings is 1. The van der Waals surface area contributed by atoms with E-state index in [-0.39, 0.29) is 4.21 Å². The first kappa shape index (κ1) is 14.5. The Bertz CT molecular complexity index is 704. The summed E-state index contributed by atoms with van der Waals surface area (Å²) in [5, 5.41) is 4.30. The zero-order valence-corrected chi connectivity index (χ0v) is 14.0. The fourth-order valence-corrected chi connectivity index (χ4v) is 4.97. The Morgan fingerprint density at radius 1 is 1.42 bits per heavy atom. The molecule has 5 nitrogen and oxygen atoms in total. The molecule has 0 saturated carbocycles. The highest BCUT2D eigenvalue weighted by atomic mass is 79.9. The van der Waals surface area contributed by atoms with Crippen LogP contribution in [0.1, 0.15) is 18.3 Å². The van der Waals surface area contributed by atoms with Crippen molar-refractivity contribution in [3.63, 3.8) is 0 Å². The van der Waals surface area contributed by atoms with Gasteiger partial charge >= 0.3 is 0 Å². The number of hydrogen-bond donors (Lipinski definition) is 1. The second kappa shape index (κ2) is 5.26. The third kappa shape index (κ3) is 2.85. The zero-order chi connectivity index (χ0) is 14.2. The van der Waals surface area contributed by atoms with Crippen LogP contribution in [0.2, 0.25) is 0 Å². The summed E-state index contributed by atoms with van der Waals surface area (Å²) >= 11 is 4.44. The average Bonchev–Trinajstić information content (AvgIpc) is 2.88. The molecule has 1 N–H and O–H groups in total. The fourth-order valence-electron chi connectivity index (χ4n) is 1.78. The number of halogens is 1. The van der Waals surface area contributed by atoms with E-state index in [1.807, 2.05) is 13.8 Å². The van der Waals surface area contributed by atoms with Crippen LogP contribution in [0.15, 0.2) is 20.1 Å². The summed E-state index contributed by atoms with van der Waals surface area (Å²) < 4.78 is 30.0. The van der Waals surface area contributed by atoms with Gasteiger partial charge in [-0.2, -0.15) is 5.10 Å². The molecule has 0 saturated heterocycles. The van der Waals surface area contributed by atoms with Crippen molar-refractivity contribution in [3.05, 3.63) is 27.3 Å². The van der Waals surface area contributed by atoms with Crippen LogP contribution in [-0.2, 0) is 16.6 Å². The topological polar surface area (TPSA) is 64.0 Å². The van der Waals surface area contributed by atoms with E-state index in [0.29, 0.717) is 17.9 Å². The third-order valence-corrected chi connectivity index (χ3v) is 6.20. The molecule has 0 fully saturated rings. The lowest BCUT2D eigenvalue weighted by atomic mass is 10.3. The van der Waals surface area contributed by atoms with E-state index in [0.717, 1.165) is 9.48 Å². The van der Waals surface area contributed by atoms with Crippen LogP contribution in [0.4, 0.5) is 5.69 Å². The van der Waals surface area contributed by atoms with E-state index in [4.69, 9.17) is 0 Å². The van der Waals surface area contributed by atoms with E-state index >= 15 is 0 Å². The standard InChI is InChI=1S/C11H14BrN3O2S2/c1-4-15-8(3)11(7(2)13-15)14-19(16,17)10-6-5-9(12)18-10/h5-6,14H,4H2,1-3H3. The van der Waals surface area contributed by atoms with E-state index in [2.05, 4.69) is 25.8 Å². The molecule has 0 amide bonds. The van der Waals surface area contributed by atoms with Crippen LogP contribution in [0.3, 0.4) is 0 Å². The quantitative estimate of drug-likeness (QED) is 0.907. The van der Waals surface area contributed by atoms with Crippen molar-refractivity contribution in [2.75, 3.05) is 4.72 Å². The van der Waals surface area contributed by atoms with Gasteiger partial charge in [-0.05, 0) is 48.8 Å². The molecule has 0 aliphatic heterocycles. The maximum absolute atomic E-state index is 12.3. The second-order valence-electron chi connectivity index (χ2n) is 4.03. The highest BCUT2D eigenvalue weighted by Crippen LogP contribution is 2.29. The monoisotopic (exact) mass is 363 g/mol. The first-order valence-electron chi connectivity index (χ1n) is 5.67. The predicted octanol–water partition coefficient (Wildman–Crippen LogP) is 3.14. The number of nitrogens with one attached hydrogen (secondary N) is 1. The minimum Gasteiger partial charge on any atom is -0.275 e. The van der Waals surface area contributed by atoms with Gasteiger partial charge in [-0.15, -0.1) is 11.3 Å². The first-order valence-corrected chi connectivity index (χ1v) is 8.76. The van der Waals surface area contributed by atoms with Gasteiger partial charge in [0, 0.05) is 6.54 Å². The summed E-state index contributed by atoms with van der Waals surface area (Å²) in [6, 6.07) is 3.29. The molecule has 104 valence electrons. The predicted molar refractivity (Wildman–Crippen MR) is 80.2 cm³/mol. The summed E-state index contributed by atoms with van der Waals surface area (Å²) in [5.74, 6) is 0. The van der Waals surface area contributed by atoms with Crippen LogP contribution in [-0.4, -0.2) is 18.2 Å². The lowest BCUT2D eigenvalue weighted by Gasteiger charge is -2.06. The molecule has 0 bridgehead atoms. The molecule has 0 aliphatic carbocycles. The van der Waals surface area contributed by atoms with Gasteiger partial charge in [0.1, 0.15) is 4.21 Å². The zero-order valence-electron chi connectivity index (χ0n) is 10.8. The Morgan fingerprint density at radius 2 is 2.11 bits per heavy atom. The van der Waals surface area contributed by atoms with Crippen LogP contribution in [0, 0.1) is 13.8 Å². The summed E-state index contributed by atoms with van der Waals surface area (Å²) in [5.41, 5.74) is 2.06. The SMILES string of the molecule is CCn1nc(C)c(NS(=O)(=O)c2ccc(Br)s2)c1C. The van der Waals surface area contributed by atoms with Crippen molar-refractivity contribution in [2.24, 2.45) is 0 Å². The van der Waals surface area contributed by atoms with E-state index < -0.39 is 10.0 Å². The van der Waals surface area contributed by atoms with Crippen molar-refractivity contribution in [1.29, 1.82) is 0 Å². The van der Waals surface area contributed by atoms with Crippen molar-refractivity contribution in [3.8, 4) is 0 Å². The summed E-state index contributed by atoms with van der Waals surface area (Å²) in [6.07, 6.45) is 0. The molecule has 2 aromatic rings. The minimum atomic E-state index is -3.55.